The monoisotopic (exact) mass is 408 g/mol. The predicted octanol–water partition coefficient (Wildman–Crippen LogP) is 3.43. The zero-order valence-corrected chi connectivity index (χ0v) is 15.5. The van der Waals surface area contributed by atoms with Crippen molar-refractivity contribution >= 4 is 17.6 Å². The molecule has 154 valence electrons. The second-order valence-corrected chi connectivity index (χ2v) is 7.34. The summed E-state index contributed by atoms with van der Waals surface area (Å²) in [6.07, 6.45) is -1.89. The van der Waals surface area contributed by atoms with Crippen LogP contribution in [0.25, 0.3) is 11.4 Å². The van der Waals surface area contributed by atoms with E-state index in [1.54, 1.807) is 4.57 Å². The summed E-state index contributed by atoms with van der Waals surface area (Å²) in [4.78, 5) is 19.2. The number of alkyl halides is 3. The van der Waals surface area contributed by atoms with Gasteiger partial charge in [0.15, 0.2) is 11.9 Å². The lowest BCUT2D eigenvalue weighted by Gasteiger charge is -2.21. The molecule has 3 aliphatic heterocycles. The van der Waals surface area contributed by atoms with Crippen LogP contribution < -0.4 is 14.5 Å². The van der Waals surface area contributed by atoms with Crippen molar-refractivity contribution in [3.05, 3.63) is 24.4 Å². The number of cyclic esters (lactones) is 1. The quantitative estimate of drug-likeness (QED) is 0.762. The second-order valence-electron chi connectivity index (χ2n) is 7.34. The minimum absolute atomic E-state index is 0.0682. The fourth-order valence-electron chi connectivity index (χ4n) is 4.06. The Morgan fingerprint density at radius 3 is 2.66 bits per heavy atom. The van der Waals surface area contributed by atoms with Gasteiger partial charge in [-0.05, 0) is 25.0 Å². The third kappa shape index (κ3) is 3.06. The number of nitrogens with zero attached hydrogens (tertiary/aromatic N) is 4. The minimum atomic E-state index is -4.60. The van der Waals surface area contributed by atoms with Crippen LogP contribution in [0.5, 0.6) is 5.75 Å². The number of aromatic nitrogens is 2. The average Bonchev–Trinajstić information content (AvgIpc) is 3.39. The maximum atomic E-state index is 13.3. The number of fused-ring (bicyclic) bond motifs is 3. The summed E-state index contributed by atoms with van der Waals surface area (Å²) in [5, 5.41) is 0. The fraction of sp³-hybridized carbons (Fsp3) is 0.474. The van der Waals surface area contributed by atoms with Crippen LogP contribution in [-0.2, 0) is 11.3 Å². The number of carbonyl (C=O) groups is 1. The van der Waals surface area contributed by atoms with E-state index in [0.29, 0.717) is 35.2 Å². The summed E-state index contributed by atoms with van der Waals surface area (Å²) < 4.78 is 52.2. The summed E-state index contributed by atoms with van der Waals surface area (Å²) in [6, 6.07) is 3.76. The molecule has 10 heteroatoms. The molecular weight excluding hydrogens is 389 g/mol. The predicted molar refractivity (Wildman–Crippen MR) is 98.3 cm³/mol. The molecule has 4 heterocycles. The Labute approximate surface area is 164 Å². The highest BCUT2D eigenvalue weighted by Crippen LogP contribution is 2.39. The third-order valence-corrected chi connectivity index (χ3v) is 5.53. The van der Waals surface area contributed by atoms with Gasteiger partial charge in [-0.2, -0.15) is 13.2 Å². The minimum Gasteiger partial charge on any atom is -0.491 e. The van der Waals surface area contributed by atoms with E-state index in [1.165, 1.54) is 6.20 Å². The number of hydrogen-bond acceptors (Lipinski definition) is 5. The van der Waals surface area contributed by atoms with Crippen molar-refractivity contribution < 1.29 is 27.4 Å². The molecule has 0 spiro atoms. The van der Waals surface area contributed by atoms with E-state index in [-0.39, 0.29) is 5.82 Å². The van der Waals surface area contributed by atoms with Crippen molar-refractivity contribution in [2.75, 3.05) is 36.1 Å². The maximum Gasteiger partial charge on any atom is 0.416 e. The maximum absolute atomic E-state index is 13.3. The number of imidazole rings is 1. The number of halogens is 3. The van der Waals surface area contributed by atoms with Crippen molar-refractivity contribution in [2.24, 2.45) is 0 Å². The van der Waals surface area contributed by atoms with Crippen LogP contribution in [0.4, 0.5) is 29.5 Å². The van der Waals surface area contributed by atoms with E-state index in [0.717, 1.165) is 31.6 Å². The van der Waals surface area contributed by atoms with E-state index in [2.05, 4.69) is 14.6 Å². The largest absolute Gasteiger partial charge is 0.491 e. The first-order chi connectivity index (χ1) is 13.9. The van der Waals surface area contributed by atoms with Crippen LogP contribution in [0.3, 0.4) is 0 Å². The molecule has 0 N–H and O–H groups in total. The Balaban J connectivity index is 1.53. The average molecular weight is 408 g/mol. The highest BCUT2D eigenvalue weighted by Gasteiger charge is 2.52. The number of anilines is 2. The van der Waals surface area contributed by atoms with E-state index in [9.17, 15) is 18.0 Å². The molecule has 1 atom stereocenters. The molecule has 0 unspecified atom stereocenters. The summed E-state index contributed by atoms with van der Waals surface area (Å²) in [5.41, 5.74) is 1.74. The number of benzene rings is 1. The van der Waals surface area contributed by atoms with Crippen LogP contribution in [0.2, 0.25) is 0 Å². The van der Waals surface area contributed by atoms with Gasteiger partial charge in [0.05, 0.1) is 12.1 Å². The molecule has 0 bridgehead atoms. The number of hydrogen-bond donors (Lipinski definition) is 0. The molecule has 0 aliphatic carbocycles. The van der Waals surface area contributed by atoms with Gasteiger partial charge in [-0.15, -0.1) is 0 Å². The highest BCUT2D eigenvalue weighted by atomic mass is 19.4. The van der Waals surface area contributed by atoms with E-state index < -0.39 is 24.9 Å². The molecule has 29 heavy (non-hydrogen) atoms. The van der Waals surface area contributed by atoms with E-state index >= 15 is 0 Å². The number of carbonyl (C=O) groups excluding carboxylic acids is 1. The van der Waals surface area contributed by atoms with Crippen molar-refractivity contribution in [1.82, 2.24) is 9.55 Å². The lowest BCUT2D eigenvalue weighted by molar-refractivity contribution is -0.147. The molecule has 0 saturated carbocycles. The van der Waals surface area contributed by atoms with Crippen molar-refractivity contribution in [3.8, 4) is 17.1 Å². The van der Waals surface area contributed by atoms with Crippen LogP contribution in [0, 0.1) is 0 Å². The molecule has 2 saturated heterocycles. The lowest BCUT2D eigenvalue weighted by atomic mass is 10.1. The molecule has 2 aromatic rings. The van der Waals surface area contributed by atoms with Gasteiger partial charge in [-0.1, -0.05) is 0 Å². The van der Waals surface area contributed by atoms with Crippen LogP contribution in [0.1, 0.15) is 12.8 Å². The standard InChI is InChI=1S/C19H19F3N4O3/c20-19(21,22)15-11-29-18(27)26(15)16-10-25-7-8-28-14-9-12(24-5-1-2-6-24)3-4-13(14)17(25)23-16/h3-4,9-10,15H,1-2,5-8,11H2/t15-/m0/s1. The van der Waals surface area contributed by atoms with E-state index in [4.69, 9.17) is 4.74 Å². The van der Waals surface area contributed by atoms with Crippen molar-refractivity contribution in [3.63, 3.8) is 0 Å². The smallest absolute Gasteiger partial charge is 0.416 e. The van der Waals surface area contributed by atoms with Crippen molar-refractivity contribution in [2.45, 2.75) is 31.6 Å². The van der Waals surface area contributed by atoms with Gasteiger partial charge >= 0.3 is 12.3 Å². The van der Waals surface area contributed by atoms with Crippen molar-refractivity contribution in [1.29, 1.82) is 0 Å². The van der Waals surface area contributed by atoms with Gasteiger partial charge in [0, 0.05) is 31.0 Å². The highest BCUT2D eigenvalue weighted by molar-refractivity contribution is 5.90. The molecule has 1 aromatic carbocycles. The lowest BCUT2D eigenvalue weighted by Crippen LogP contribution is -2.44. The molecule has 1 aromatic heterocycles. The van der Waals surface area contributed by atoms with Gasteiger partial charge in [-0.3, -0.25) is 0 Å². The summed E-state index contributed by atoms with van der Waals surface area (Å²) >= 11 is 0. The molecular formula is C19H19F3N4O3. The molecule has 0 radical (unpaired) electrons. The zero-order chi connectivity index (χ0) is 20.2. The van der Waals surface area contributed by atoms with Gasteiger partial charge in [0.25, 0.3) is 0 Å². The summed E-state index contributed by atoms with van der Waals surface area (Å²) in [7, 11) is 0. The number of ether oxygens (including phenoxy) is 2. The summed E-state index contributed by atoms with van der Waals surface area (Å²) in [6.45, 7) is 2.02. The Morgan fingerprint density at radius 2 is 1.90 bits per heavy atom. The van der Waals surface area contributed by atoms with E-state index in [1.807, 2.05) is 18.2 Å². The first-order valence-corrected chi connectivity index (χ1v) is 9.54. The molecule has 3 aliphatic rings. The SMILES string of the molecule is O=C1OC[C@@H](C(F)(F)F)N1c1cn2c(n1)-c1ccc(N3CCCC3)cc1OCC2. The first kappa shape index (κ1) is 18.1. The Morgan fingerprint density at radius 1 is 1.10 bits per heavy atom. The van der Waals surface area contributed by atoms with Gasteiger partial charge in [0.1, 0.15) is 24.8 Å². The van der Waals surface area contributed by atoms with Crippen LogP contribution in [0.15, 0.2) is 24.4 Å². The van der Waals surface area contributed by atoms with Gasteiger partial charge < -0.3 is 18.9 Å². The van der Waals surface area contributed by atoms with Gasteiger partial charge in [-0.25, -0.2) is 14.7 Å². The molecule has 7 nitrogen and oxygen atoms in total. The molecule has 2 fully saturated rings. The zero-order valence-electron chi connectivity index (χ0n) is 15.5. The number of rotatable bonds is 2. The number of amides is 1. The Kier molecular flexibility index (Phi) is 4.11. The van der Waals surface area contributed by atoms with Gasteiger partial charge in [0.2, 0.25) is 0 Å². The summed E-state index contributed by atoms with van der Waals surface area (Å²) in [5.74, 6) is 1.05. The fourth-order valence-corrected chi connectivity index (χ4v) is 4.06. The first-order valence-electron chi connectivity index (χ1n) is 9.54. The topological polar surface area (TPSA) is 59.8 Å². The molecule has 1 amide bonds. The van der Waals surface area contributed by atoms with Crippen LogP contribution in [-0.4, -0.2) is 54.2 Å². The Hall–Kier alpha value is -2.91. The van der Waals surface area contributed by atoms with Crippen LogP contribution >= 0.6 is 0 Å². The second kappa shape index (κ2) is 6.57. The Bertz CT molecular complexity index is 953. The molecule has 5 rings (SSSR count). The normalized spacial score (nSPS) is 21.5. The third-order valence-electron chi connectivity index (χ3n) is 5.53.